The van der Waals surface area contributed by atoms with Gasteiger partial charge < -0.3 is 15.5 Å². The Morgan fingerprint density at radius 2 is 2.10 bits per heavy atom. The molecule has 1 unspecified atom stereocenters. The third-order valence-electron chi connectivity index (χ3n) is 4.02. The van der Waals surface area contributed by atoms with Gasteiger partial charge in [-0.15, -0.1) is 0 Å². The number of nitrogens with zero attached hydrogens (tertiary/aromatic N) is 2. The Kier molecular flexibility index (Phi) is 4.02. The molecule has 0 radical (unpaired) electrons. The predicted molar refractivity (Wildman–Crippen MR) is 81.6 cm³/mol. The zero-order valence-corrected chi connectivity index (χ0v) is 12.5. The summed E-state index contributed by atoms with van der Waals surface area (Å²) in [4.78, 5) is 24.6. The number of hydrogen-bond donors (Lipinski definition) is 2. The highest BCUT2D eigenvalue weighted by Crippen LogP contribution is 2.36. The van der Waals surface area contributed by atoms with Gasteiger partial charge in [0.15, 0.2) is 0 Å². The third kappa shape index (κ3) is 2.91. The summed E-state index contributed by atoms with van der Waals surface area (Å²) in [6.45, 7) is 3.17. The van der Waals surface area contributed by atoms with E-state index in [0.717, 1.165) is 12.1 Å². The molecule has 7 heteroatoms. The van der Waals surface area contributed by atoms with Crippen molar-refractivity contribution < 1.29 is 9.72 Å². The Hall–Kier alpha value is -2.31. The van der Waals surface area contributed by atoms with Gasteiger partial charge in [0.25, 0.3) is 5.69 Å². The van der Waals surface area contributed by atoms with Crippen molar-refractivity contribution in [2.75, 3.05) is 37.4 Å². The lowest BCUT2D eigenvalue weighted by Gasteiger charge is -2.24. The quantitative estimate of drug-likeness (QED) is 0.650. The number of rotatable bonds is 4. The Bertz CT molecular complexity index is 575. The minimum absolute atomic E-state index is 0.00395. The van der Waals surface area contributed by atoms with E-state index >= 15 is 0 Å². The van der Waals surface area contributed by atoms with Gasteiger partial charge in [0.2, 0.25) is 5.91 Å². The maximum atomic E-state index is 12.0. The Morgan fingerprint density at radius 3 is 2.67 bits per heavy atom. The fourth-order valence-electron chi connectivity index (χ4n) is 2.70. The average Bonchev–Trinajstić information content (AvgIpc) is 2.89. The van der Waals surface area contributed by atoms with Crippen LogP contribution in [-0.2, 0) is 4.79 Å². The van der Waals surface area contributed by atoms with Crippen molar-refractivity contribution in [1.29, 1.82) is 0 Å². The molecule has 1 aliphatic heterocycles. The molecule has 1 amide bonds. The fraction of sp³-hybridized carbons (Fsp3) is 0.500. The molecule has 1 aromatic carbocycles. The predicted octanol–water partition coefficient (Wildman–Crippen LogP) is 1.60. The molecule has 1 heterocycles. The molecule has 0 bridgehead atoms. The molecule has 1 saturated heterocycles. The highest BCUT2D eigenvalue weighted by atomic mass is 16.6. The molecule has 0 aliphatic carbocycles. The summed E-state index contributed by atoms with van der Waals surface area (Å²) in [6.07, 6.45) is 0.726. The molecule has 0 saturated carbocycles. The lowest BCUT2D eigenvalue weighted by atomic mass is 9.89. The van der Waals surface area contributed by atoms with E-state index in [4.69, 9.17) is 0 Å². The Balaban J connectivity index is 2.29. The number of carbonyl (C=O) groups excluding carboxylic acids is 1. The third-order valence-corrected chi connectivity index (χ3v) is 4.02. The summed E-state index contributed by atoms with van der Waals surface area (Å²) in [5.41, 5.74) is 1.04. The summed E-state index contributed by atoms with van der Waals surface area (Å²) in [7, 11) is 3.35. The fourth-order valence-corrected chi connectivity index (χ4v) is 2.70. The van der Waals surface area contributed by atoms with Crippen LogP contribution in [-0.4, -0.2) is 38.0 Å². The second-order valence-electron chi connectivity index (χ2n) is 5.56. The highest BCUT2D eigenvalue weighted by Gasteiger charge is 2.40. The molecule has 2 N–H and O–H groups in total. The number of nitro groups is 1. The van der Waals surface area contributed by atoms with Crippen molar-refractivity contribution >= 4 is 23.0 Å². The van der Waals surface area contributed by atoms with Gasteiger partial charge in [0, 0.05) is 50.7 Å². The lowest BCUT2D eigenvalue weighted by Crippen LogP contribution is -2.39. The van der Waals surface area contributed by atoms with Crippen LogP contribution in [0.25, 0.3) is 0 Å². The van der Waals surface area contributed by atoms with E-state index < -0.39 is 10.3 Å². The average molecular weight is 292 g/mol. The van der Waals surface area contributed by atoms with Crippen LogP contribution in [0.1, 0.15) is 13.3 Å². The zero-order chi connectivity index (χ0) is 15.6. The van der Waals surface area contributed by atoms with Crippen molar-refractivity contribution in [3.63, 3.8) is 0 Å². The molecule has 1 atom stereocenters. The first-order valence-corrected chi connectivity index (χ1v) is 6.84. The second kappa shape index (κ2) is 5.59. The van der Waals surface area contributed by atoms with Crippen LogP contribution in [0.5, 0.6) is 0 Å². The van der Waals surface area contributed by atoms with E-state index in [0.29, 0.717) is 18.8 Å². The molecule has 1 fully saturated rings. The molecule has 2 rings (SSSR count). The second-order valence-corrected chi connectivity index (χ2v) is 5.56. The monoisotopic (exact) mass is 292 g/mol. The topological polar surface area (TPSA) is 87.5 Å². The number of carbonyl (C=O) groups is 1. The number of nitro benzene ring substituents is 1. The molecule has 1 aromatic rings. The van der Waals surface area contributed by atoms with Crippen molar-refractivity contribution in [2.45, 2.75) is 13.3 Å². The highest BCUT2D eigenvalue weighted by molar-refractivity contribution is 5.83. The normalized spacial score (nSPS) is 21.2. The molecule has 114 valence electrons. The van der Waals surface area contributed by atoms with Crippen LogP contribution in [0.2, 0.25) is 0 Å². The first-order valence-electron chi connectivity index (χ1n) is 6.84. The lowest BCUT2D eigenvalue weighted by molar-refractivity contribution is -0.384. The largest absolute Gasteiger partial charge is 0.388 e. The van der Waals surface area contributed by atoms with Gasteiger partial charge in [0.1, 0.15) is 0 Å². The van der Waals surface area contributed by atoms with Crippen LogP contribution in [0.3, 0.4) is 0 Å². The standard InChI is InChI=1S/C14H20N4O3/c1-14(13(19)16-3)4-5-17(9-14)11-6-10(15-2)7-12(8-11)18(20)21/h6-8,15H,4-5,9H2,1-3H3,(H,16,19). The molecular formula is C14H20N4O3. The van der Waals surface area contributed by atoms with Crippen molar-refractivity contribution in [3.8, 4) is 0 Å². The van der Waals surface area contributed by atoms with Gasteiger partial charge in [0.05, 0.1) is 10.3 Å². The van der Waals surface area contributed by atoms with Crippen LogP contribution in [0.15, 0.2) is 18.2 Å². The summed E-state index contributed by atoms with van der Waals surface area (Å²) in [5.74, 6) is 0.00395. The van der Waals surface area contributed by atoms with Gasteiger partial charge >= 0.3 is 0 Å². The first-order chi connectivity index (χ1) is 9.89. The zero-order valence-electron chi connectivity index (χ0n) is 12.5. The summed E-state index contributed by atoms with van der Waals surface area (Å²) in [6, 6.07) is 4.91. The molecular weight excluding hydrogens is 272 g/mol. The first kappa shape index (κ1) is 15.1. The SMILES string of the molecule is CNC(=O)C1(C)CCN(c2cc(NC)cc([N+](=O)[O-])c2)C1. The van der Waals surface area contributed by atoms with E-state index in [-0.39, 0.29) is 11.6 Å². The smallest absolute Gasteiger partial charge is 0.273 e. The minimum atomic E-state index is -0.459. The van der Waals surface area contributed by atoms with Gasteiger partial charge in [-0.05, 0) is 19.4 Å². The Labute approximate surface area is 123 Å². The number of hydrogen-bond acceptors (Lipinski definition) is 5. The van der Waals surface area contributed by atoms with E-state index in [1.165, 1.54) is 6.07 Å². The van der Waals surface area contributed by atoms with Gasteiger partial charge in [-0.3, -0.25) is 14.9 Å². The molecule has 7 nitrogen and oxygen atoms in total. The molecule has 0 aromatic heterocycles. The van der Waals surface area contributed by atoms with Gasteiger partial charge in [-0.2, -0.15) is 0 Å². The van der Waals surface area contributed by atoms with Crippen LogP contribution in [0.4, 0.5) is 17.1 Å². The van der Waals surface area contributed by atoms with Crippen molar-refractivity contribution in [3.05, 3.63) is 28.3 Å². The summed E-state index contributed by atoms with van der Waals surface area (Å²) in [5, 5.41) is 16.6. The number of anilines is 2. The van der Waals surface area contributed by atoms with E-state index in [9.17, 15) is 14.9 Å². The number of nitrogens with one attached hydrogen (secondary N) is 2. The maximum absolute atomic E-state index is 12.0. The van der Waals surface area contributed by atoms with E-state index in [2.05, 4.69) is 10.6 Å². The van der Waals surface area contributed by atoms with Crippen molar-refractivity contribution in [1.82, 2.24) is 5.32 Å². The molecule has 0 spiro atoms. The maximum Gasteiger partial charge on any atom is 0.273 e. The van der Waals surface area contributed by atoms with Crippen molar-refractivity contribution in [2.24, 2.45) is 5.41 Å². The number of benzene rings is 1. The number of non-ortho nitro benzene ring substituents is 1. The molecule has 1 aliphatic rings. The summed E-state index contributed by atoms with van der Waals surface area (Å²) >= 11 is 0. The van der Waals surface area contributed by atoms with Crippen LogP contribution in [0, 0.1) is 15.5 Å². The van der Waals surface area contributed by atoms with Gasteiger partial charge in [-0.1, -0.05) is 0 Å². The Morgan fingerprint density at radius 1 is 1.38 bits per heavy atom. The van der Waals surface area contributed by atoms with Crippen LogP contribution >= 0.6 is 0 Å². The van der Waals surface area contributed by atoms with E-state index in [1.54, 1.807) is 20.2 Å². The number of amides is 1. The van der Waals surface area contributed by atoms with Crippen LogP contribution < -0.4 is 15.5 Å². The molecule has 21 heavy (non-hydrogen) atoms. The van der Waals surface area contributed by atoms with Gasteiger partial charge in [-0.25, -0.2) is 0 Å². The minimum Gasteiger partial charge on any atom is -0.388 e. The summed E-state index contributed by atoms with van der Waals surface area (Å²) < 4.78 is 0. The van der Waals surface area contributed by atoms with E-state index in [1.807, 2.05) is 17.9 Å².